The maximum Gasteiger partial charge on any atom is 0.303 e. The minimum Gasteiger partial charge on any atom is -0.481 e. The number of nitrogens with zero attached hydrogens (tertiary/aromatic N) is 2. The maximum atomic E-state index is 13.6. The largest absolute Gasteiger partial charge is 0.481 e. The Balaban J connectivity index is 1.43. The van der Waals surface area contributed by atoms with Crippen LogP contribution in [-0.2, 0) is 4.79 Å². The summed E-state index contributed by atoms with van der Waals surface area (Å²) in [6, 6.07) is 6.07. The van der Waals surface area contributed by atoms with E-state index in [4.69, 9.17) is 14.6 Å². The van der Waals surface area contributed by atoms with E-state index in [0.29, 0.717) is 41.4 Å². The third kappa shape index (κ3) is 3.53. The fraction of sp³-hybridized carbons (Fsp3) is 0.652. The summed E-state index contributed by atoms with van der Waals surface area (Å²) in [6.45, 7) is 3.28. The average Bonchev–Trinajstić information content (AvgIpc) is 3.22. The van der Waals surface area contributed by atoms with Crippen LogP contribution in [0.15, 0.2) is 18.2 Å². The van der Waals surface area contributed by atoms with Crippen LogP contribution >= 0.6 is 0 Å². The Morgan fingerprint density at radius 1 is 1.10 bits per heavy atom. The van der Waals surface area contributed by atoms with Gasteiger partial charge >= 0.3 is 5.97 Å². The van der Waals surface area contributed by atoms with Gasteiger partial charge in [-0.25, -0.2) is 0 Å². The van der Waals surface area contributed by atoms with E-state index in [1.165, 1.54) is 12.8 Å². The van der Waals surface area contributed by atoms with Gasteiger partial charge in [-0.3, -0.25) is 14.5 Å². The second-order valence-corrected chi connectivity index (χ2v) is 9.11. The summed E-state index contributed by atoms with van der Waals surface area (Å²) in [5.41, 5.74) is 0.629. The lowest BCUT2D eigenvalue weighted by Crippen LogP contribution is -2.65. The van der Waals surface area contributed by atoms with Crippen molar-refractivity contribution in [2.45, 2.75) is 57.0 Å². The van der Waals surface area contributed by atoms with Crippen molar-refractivity contribution in [1.82, 2.24) is 9.80 Å². The number of amides is 1. The van der Waals surface area contributed by atoms with Crippen LogP contribution in [-0.4, -0.2) is 65.3 Å². The van der Waals surface area contributed by atoms with Crippen LogP contribution in [0.25, 0.3) is 0 Å². The van der Waals surface area contributed by atoms with Crippen LogP contribution in [0.3, 0.4) is 0 Å². The van der Waals surface area contributed by atoms with Gasteiger partial charge in [0.2, 0.25) is 6.79 Å². The van der Waals surface area contributed by atoms with Gasteiger partial charge in [-0.1, -0.05) is 0 Å². The number of hydrogen-bond acceptors (Lipinski definition) is 5. The van der Waals surface area contributed by atoms with E-state index in [1.807, 2.05) is 12.1 Å². The first-order valence-electron chi connectivity index (χ1n) is 11.3. The Labute approximate surface area is 176 Å². The molecule has 0 radical (unpaired) electrons. The number of fused-ring (bicyclic) bond motifs is 1. The third-order valence-electron chi connectivity index (χ3n) is 7.44. The number of benzene rings is 1. The van der Waals surface area contributed by atoms with Crippen molar-refractivity contribution in [3.63, 3.8) is 0 Å². The second kappa shape index (κ2) is 8.10. The molecule has 0 aromatic heterocycles. The summed E-state index contributed by atoms with van der Waals surface area (Å²) in [5.74, 6) is 1.52. The van der Waals surface area contributed by atoms with Gasteiger partial charge in [0.05, 0.1) is 0 Å². The molecular weight excluding hydrogens is 384 g/mol. The van der Waals surface area contributed by atoms with Gasteiger partial charge < -0.3 is 19.5 Å². The molecule has 0 spiro atoms. The van der Waals surface area contributed by atoms with Crippen LogP contribution in [0.4, 0.5) is 0 Å². The quantitative estimate of drug-likeness (QED) is 0.798. The number of carboxylic acids is 1. The van der Waals surface area contributed by atoms with Crippen LogP contribution in [0, 0.1) is 11.8 Å². The molecule has 1 aromatic rings. The normalized spacial score (nSPS) is 30.1. The number of likely N-dealkylation sites (tertiary alicyclic amines) is 1. The predicted molar refractivity (Wildman–Crippen MR) is 110 cm³/mol. The molecule has 0 unspecified atom stereocenters. The van der Waals surface area contributed by atoms with E-state index < -0.39 is 5.97 Å². The zero-order valence-corrected chi connectivity index (χ0v) is 17.3. The molecule has 4 aliphatic heterocycles. The minimum absolute atomic E-state index is 0.0368. The van der Waals surface area contributed by atoms with Gasteiger partial charge in [0.15, 0.2) is 11.5 Å². The van der Waals surface area contributed by atoms with Crippen molar-refractivity contribution < 1.29 is 24.2 Å². The van der Waals surface area contributed by atoms with Crippen LogP contribution in [0.5, 0.6) is 11.5 Å². The summed E-state index contributed by atoms with van der Waals surface area (Å²) >= 11 is 0. The highest BCUT2D eigenvalue weighted by Crippen LogP contribution is 2.44. The van der Waals surface area contributed by atoms with Gasteiger partial charge in [0.1, 0.15) is 0 Å². The van der Waals surface area contributed by atoms with E-state index in [9.17, 15) is 9.59 Å². The molecule has 5 rings (SSSR count). The molecule has 0 aliphatic carbocycles. The molecule has 7 nitrogen and oxygen atoms in total. The molecule has 4 heterocycles. The van der Waals surface area contributed by atoms with Crippen molar-refractivity contribution in [3.05, 3.63) is 23.8 Å². The number of piperidine rings is 3. The highest BCUT2D eigenvalue weighted by atomic mass is 16.7. The van der Waals surface area contributed by atoms with Crippen molar-refractivity contribution in [2.24, 2.45) is 11.8 Å². The first kappa shape index (κ1) is 19.7. The average molecular weight is 415 g/mol. The van der Waals surface area contributed by atoms with Gasteiger partial charge in [-0.05, 0) is 81.6 Å². The molecule has 1 aromatic carbocycles. The molecule has 4 aliphatic rings. The minimum atomic E-state index is -0.764. The van der Waals surface area contributed by atoms with Crippen molar-refractivity contribution in [1.29, 1.82) is 0 Å². The predicted octanol–water partition coefficient (Wildman–Crippen LogP) is 2.99. The van der Waals surface area contributed by atoms with Crippen molar-refractivity contribution in [3.8, 4) is 11.5 Å². The van der Waals surface area contributed by atoms with E-state index in [1.54, 1.807) is 6.07 Å². The summed E-state index contributed by atoms with van der Waals surface area (Å²) in [7, 11) is 0. The molecule has 1 amide bonds. The maximum absolute atomic E-state index is 13.6. The van der Waals surface area contributed by atoms with Gasteiger partial charge in [0.25, 0.3) is 5.91 Å². The Morgan fingerprint density at radius 3 is 2.73 bits per heavy atom. The Morgan fingerprint density at radius 2 is 1.90 bits per heavy atom. The monoisotopic (exact) mass is 414 g/mol. The Hall–Kier alpha value is -2.28. The molecule has 3 fully saturated rings. The molecule has 0 saturated carbocycles. The van der Waals surface area contributed by atoms with Crippen molar-refractivity contribution in [2.75, 3.05) is 26.4 Å². The summed E-state index contributed by atoms with van der Waals surface area (Å²) in [4.78, 5) is 29.5. The first-order valence-corrected chi connectivity index (χ1v) is 11.3. The van der Waals surface area contributed by atoms with E-state index in [0.717, 1.165) is 38.9 Å². The van der Waals surface area contributed by atoms with E-state index in [2.05, 4.69) is 9.80 Å². The van der Waals surface area contributed by atoms with Gasteiger partial charge in [-0.15, -0.1) is 0 Å². The number of rotatable bonds is 5. The molecule has 7 heteroatoms. The third-order valence-corrected chi connectivity index (χ3v) is 7.44. The van der Waals surface area contributed by atoms with Gasteiger partial charge in [-0.2, -0.15) is 0 Å². The summed E-state index contributed by atoms with van der Waals surface area (Å²) < 4.78 is 10.9. The standard InChI is InChI=1S/C23H30N2O5/c26-21(27)7-1-6-18-17-5-3-11-24-10-2-4-16(22(17)24)13-25(18)23(28)15-8-9-19-20(12-15)30-14-29-19/h8-9,12,16-18,22H,1-7,10-11,13-14H2,(H,26,27)/t16-,17+,18-,22-/m0/s1. The molecule has 4 atom stereocenters. The number of aliphatic carboxylic acids is 1. The Bertz CT molecular complexity index is 826. The lowest BCUT2D eigenvalue weighted by Gasteiger charge is -2.57. The first-order chi connectivity index (χ1) is 14.6. The second-order valence-electron chi connectivity index (χ2n) is 9.11. The smallest absolute Gasteiger partial charge is 0.303 e. The fourth-order valence-corrected chi connectivity index (χ4v) is 6.26. The van der Waals surface area contributed by atoms with Crippen LogP contribution in [0.1, 0.15) is 55.3 Å². The lowest BCUT2D eigenvalue weighted by atomic mass is 9.69. The van der Waals surface area contributed by atoms with Crippen molar-refractivity contribution >= 4 is 11.9 Å². The highest BCUT2D eigenvalue weighted by molar-refractivity contribution is 5.95. The van der Waals surface area contributed by atoms with E-state index in [-0.39, 0.29) is 25.2 Å². The molecular formula is C23H30N2O5. The number of hydrogen-bond donors (Lipinski definition) is 1. The number of carbonyl (C=O) groups excluding carboxylic acids is 1. The Kier molecular flexibility index (Phi) is 5.31. The zero-order chi connectivity index (χ0) is 20.7. The molecule has 30 heavy (non-hydrogen) atoms. The lowest BCUT2D eigenvalue weighted by molar-refractivity contribution is -0.137. The summed E-state index contributed by atoms with van der Waals surface area (Å²) in [5, 5.41) is 9.13. The SMILES string of the molecule is O=C(O)CCC[C@H]1[C@H]2CCCN3CCC[C@@H](CN1C(=O)c1ccc4c(c1)OCO4)[C@@H]23. The molecule has 3 saturated heterocycles. The zero-order valence-electron chi connectivity index (χ0n) is 17.3. The molecule has 0 bridgehead atoms. The highest BCUT2D eigenvalue weighted by Gasteiger charge is 2.49. The van der Waals surface area contributed by atoms with Crippen LogP contribution in [0.2, 0.25) is 0 Å². The van der Waals surface area contributed by atoms with Crippen LogP contribution < -0.4 is 9.47 Å². The molecule has 1 N–H and O–H groups in total. The topological polar surface area (TPSA) is 79.3 Å². The number of carboxylic acid groups (broad SMARTS) is 1. The summed E-state index contributed by atoms with van der Waals surface area (Å²) in [6.07, 6.45) is 6.18. The fourth-order valence-electron chi connectivity index (χ4n) is 6.26. The van der Waals surface area contributed by atoms with Gasteiger partial charge in [0, 0.05) is 30.6 Å². The van der Waals surface area contributed by atoms with E-state index >= 15 is 0 Å². The molecule has 162 valence electrons. The number of ether oxygens (including phenoxy) is 2. The number of carbonyl (C=O) groups is 2.